The number of carbonyl (C=O) groups is 5. The van der Waals surface area contributed by atoms with Crippen molar-refractivity contribution in [2.75, 3.05) is 189 Å². The zero-order valence-electron chi connectivity index (χ0n) is 79.8. The van der Waals surface area contributed by atoms with Crippen LogP contribution >= 0.6 is 11.6 Å². The number of amides is 4. The first-order valence-electron chi connectivity index (χ1n) is 48.6. The quantitative estimate of drug-likeness (QED) is 0.0379. The average Bonchev–Trinajstić information content (AvgIpc) is 1.73. The van der Waals surface area contributed by atoms with E-state index in [0.29, 0.717) is 161 Å². The van der Waals surface area contributed by atoms with Crippen LogP contribution in [0, 0.1) is 54.8 Å². The summed E-state index contributed by atoms with van der Waals surface area (Å²) in [7, 11) is 9.77. The second kappa shape index (κ2) is 40.3. The lowest BCUT2D eigenvalue weighted by Crippen LogP contribution is -2.56. The number of ketones is 1. The number of benzene rings is 6. The van der Waals surface area contributed by atoms with Gasteiger partial charge in [0.1, 0.15) is 37.3 Å². The van der Waals surface area contributed by atoms with Crippen molar-refractivity contribution in [3.8, 4) is 36.2 Å². The zero-order valence-corrected chi connectivity index (χ0v) is 80.5. The number of likely N-dealkylation sites (tertiary alicyclic amines) is 3. The highest BCUT2D eigenvalue weighted by Gasteiger charge is 2.43. The maximum atomic E-state index is 14.0. The van der Waals surface area contributed by atoms with Crippen molar-refractivity contribution in [2.45, 2.75) is 166 Å². The van der Waals surface area contributed by atoms with Gasteiger partial charge in [-0.05, 0) is 180 Å². The maximum absolute atomic E-state index is 14.0. The average molecular weight is 1870 g/mol. The molecule has 4 amide bonds. The minimum Gasteiger partial charge on any atom is -0.462 e. The molecule has 0 radical (unpaired) electrons. The van der Waals surface area contributed by atoms with Gasteiger partial charge in [-0.2, -0.15) is 45.7 Å². The molecule has 19 rings (SSSR count). The Kier molecular flexibility index (Phi) is 27.4. The van der Waals surface area contributed by atoms with Gasteiger partial charge in [-0.1, -0.05) is 84.9 Å². The summed E-state index contributed by atoms with van der Waals surface area (Å²) in [6.45, 7) is 17.6. The number of aryl methyl sites for hydroxylation is 3. The van der Waals surface area contributed by atoms with Gasteiger partial charge in [0.2, 0.25) is 23.6 Å². The Morgan fingerprint density at radius 1 is 0.467 bits per heavy atom. The number of hydrogen-bond donors (Lipinski definition) is 0. The number of nitrogens with zero attached hydrogens (tertiary/aromatic N) is 22. The summed E-state index contributed by atoms with van der Waals surface area (Å²) in [4.78, 5) is 126. The fourth-order valence-electron chi connectivity index (χ4n) is 23.0. The van der Waals surface area contributed by atoms with Crippen molar-refractivity contribution in [3.05, 3.63) is 195 Å². The summed E-state index contributed by atoms with van der Waals surface area (Å²) < 4.78 is 20.6. The van der Waals surface area contributed by atoms with Crippen LogP contribution in [0.3, 0.4) is 0 Å². The molecule has 0 N–H and O–H groups in total. The molecular formula is C106H121ClN22O8. The van der Waals surface area contributed by atoms with Crippen LogP contribution in [-0.4, -0.2) is 289 Å². The van der Waals surface area contributed by atoms with Crippen molar-refractivity contribution in [1.29, 1.82) is 15.8 Å². The fraction of sp³-hybridized carbons (Fsp3) is 0.472. The van der Waals surface area contributed by atoms with E-state index in [4.69, 9.17) is 55.7 Å². The Morgan fingerprint density at radius 2 is 0.942 bits per heavy atom. The molecule has 0 spiro atoms. The number of piperazine rings is 3. The van der Waals surface area contributed by atoms with Crippen molar-refractivity contribution < 1.29 is 38.2 Å². The molecule has 12 heterocycles. The zero-order chi connectivity index (χ0) is 95.0. The minimum absolute atomic E-state index is 0.00672. The third-order valence-electron chi connectivity index (χ3n) is 30.4. The van der Waals surface area contributed by atoms with Crippen LogP contribution in [0.25, 0.3) is 32.3 Å². The molecule has 1 aliphatic carbocycles. The number of aromatic nitrogens is 6. The van der Waals surface area contributed by atoms with Gasteiger partial charge >= 0.3 is 18.0 Å². The number of fused-ring (bicyclic) bond motifs is 6. The monoisotopic (exact) mass is 1860 g/mol. The third-order valence-corrected chi connectivity index (χ3v) is 30.5. The standard InChI is InChI=1S/C106H121ClN22O8/c1-67-15-9-18-70-19-12-23-91(97(67)70)121-42-34-85-88(61-121)111-106(116-102(85)126-47-50-129(78(60-126)33-40-110)103(134)72-25-26-82(130)54-72)137-66-81-53-75(57-120(81)8)83-27-28-92(99-69(3)17-11-22-84(83)99)122-43-35-86-89(62-122)112-105(115-100(86)124-45-48-127(76(58-124)31-38-108)95(132)24-13-37-107)136-65-80-52-74(56-119(80)7)73-51-71-20-10-16-68(2)98(71)93(55-73)123-44-36-87-90(63-123)113-104(135-64-79-21-14-41-118(79)6)114-101(87)125-46-49-128(77(59-125)32-39-109)96(133)30-29-94(131)117(4)5/h9-13,15-20,22-24,27-30,51,54-55,74-81H,14,21,25-26,31-37,41-50,52-53,56-66H2,1-8H3/b24-13+,30-29+/t74?,75?,76-,77-,78-,79-,80-,81-/m0/s1. The highest BCUT2D eigenvalue weighted by atomic mass is 35.5. The molecule has 6 fully saturated rings. The van der Waals surface area contributed by atoms with Crippen LogP contribution in [0.1, 0.15) is 131 Å². The molecule has 3 aromatic heterocycles. The van der Waals surface area contributed by atoms with Crippen LogP contribution in [-0.2, 0) is 62.9 Å². The van der Waals surface area contributed by atoms with Gasteiger partial charge in [-0.25, -0.2) is 0 Å². The normalized spacial score (nSPS) is 22.2. The topological polar surface area (TPSA) is 304 Å². The summed E-state index contributed by atoms with van der Waals surface area (Å²) in [6, 6.07) is 42.5. The second-order valence-corrected chi connectivity index (χ2v) is 39.4. The number of alkyl halides is 1. The predicted molar refractivity (Wildman–Crippen MR) is 530 cm³/mol. The lowest BCUT2D eigenvalue weighted by Gasteiger charge is -2.42. The number of nitriles is 3. The highest BCUT2D eigenvalue weighted by Crippen LogP contribution is 2.46. The number of rotatable bonds is 25. The van der Waals surface area contributed by atoms with Gasteiger partial charge < -0.3 is 68.1 Å². The van der Waals surface area contributed by atoms with Gasteiger partial charge in [0, 0.05) is 210 Å². The molecule has 710 valence electrons. The Labute approximate surface area is 806 Å². The van der Waals surface area contributed by atoms with Crippen LogP contribution in [0.2, 0.25) is 0 Å². The maximum Gasteiger partial charge on any atom is 0.318 e. The molecule has 8 atom stereocenters. The smallest absolute Gasteiger partial charge is 0.318 e. The molecule has 2 unspecified atom stereocenters. The van der Waals surface area contributed by atoms with E-state index in [-0.39, 0.29) is 90.5 Å². The number of ether oxygens (including phenoxy) is 3. The molecule has 137 heavy (non-hydrogen) atoms. The first-order chi connectivity index (χ1) is 66.5. The second-order valence-electron chi connectivity index (χ2n) is 39.1. The molecule has 0 saturated carbocycles. The van der Waals surface area contributed by atoms with Gasteiger partial charge in [0.25, 0.3) is 0 Å². The lowest BCUT2D eigenvalue weighted by atomic mass is 9.89. The van der Waals surface area contributed by atoms with Crippen LogP contribution in [0.5, 0.6) is 18.0 Å². The molecule has 6 saturated heterocycles. The van der Waals surface area contributed by atoms with E-state index in [2.05, 4.69) is 201 Å². The largest absolute Gasteiger partial charge is 0.462 e. The van der Waals surface area contributed by atoms with E-state index >= 15 is 0 Å². The minimum atomic E-state index is -0.444. The molecule has 9 aliphatic heterocycles. The summed E-state index contributed by atoms with van der Waals surface area (Å²) >= 11 is 6.06. The van der Waals surface area contributed by atoms with Crippen molar-refractivity contribution in [1.82, 2.24) is 64.2 Å². The first kappa shape index (κ1) is 93.0. The van der Waals surface area contributed by atoms with Gasteiger partial charge in [0.15, 0.2) is 5.78 Å². The molecule has 10 aliphatic rings. The summed E-state index contributed by atoms with van der Waals surface area (Å²) in [5, 5.41) is 37.8. The summed E-state index contributed by atoms with van der Waals surface area (Å²) in [5.41, 5.74) is 15.7. The highest BCUT2D eigenvalue weighted by molar-refractivity contribution is 6.19. The molecule has 31 heteroatoms. The van der Waals surface area contributed by atoms with Crippen molar-refractivity contribution >= 4 is 108 Å². The first-order valence-corrected chi connectivity index (χ1v) is 49.2. The molecule has 30 nitrogen and oxygen atoms in total. The number of anilines is 6. The van der Waals surface area contributed by atoms with E-state index < -0.39 is 18.1 Å². The molecule has 0 bridgehead atoms. The van der Waals surface area contributed by atoms with Crippen LogP contribution < -0.4 is 43.6 Å². The number of carbonyl (C=O) groups excluding carboxylic acids is 5. The van der Waals surface area contributed by atoms with Gasteiger partial charge in [0.05, 0.1) is 92.3 Å². The van der Waals surface area contributed by atoms with Crippen LogP contribution in [0.4, 0.5) is 34.5 Å². The van der Waals surface area contributed by atoms with E-state index in [1.54, 1.807) is 34.9 Å². The van der Waals surface area contributed by atoms with E-state index in [9.17, 15) is 39.8 Å². The predicted octanol–water partition coefficient (Wildman–Crippen LogP) is 11.9. The lowest BCUT2D eigenvalue weighted by molar-refractivity contribution is -0.130. The van der Waals surface area contributed by atoms with E-state index in [1.807, 2.05) is 0 Å². The fourth-order valence-corrected chi connectivity index (χ4v) is 23.1. The Bertz CT molecular complexity index is 6420. The Hall–Kier alpha value is -13.1. The van der Waals surface area contributed by atoms with Gasteiger partial charge in [-0.3, -0.25) is 33.8 Å². The van der Waals surface area contributed by atoms with Crippen molar-refractivity contribution in [3.63, 3.8) is 0 Å². The van der Waals surface area contributed by atoms with Gasteiger partial charge in [-0.15, -0.1) is 11.6 Å². The molecular weight excluding hydrogens is 1740 g/mol. The number of halogens is 1. The van der Waals surface area contributed by atoms with E-state index in [0.717, 1.165) is 126 Å². The third kappa shape index (κ3) is 19.2. The number of hydrogen-bond acceptors (Lipinski definition) is 26. The van der Waals surface area contributed by atoms with Crippen LogP contribution in [0.15, 0.2) is 133 Å². The number of allylic oxidation sites excluding steroid dienone is 2. The Morgan fingerprint density at radius 3 is 1.46 bits per heavy atom. The summed E-state index contributed by atoms with van der Waals surface area (Å²) in [6.07, 6.45) is 14.1. The van der Waals surface area contributed by atoms with E-state index in [1.165, 1.54) is 84.0 Å². The van der Waals surface area contributed by atoms with Crippen molar-refractivity contribution in [2.24, 2.45) is 0 Å². The number of likely N-dealkylation sites (N-methyl/N-ethyl adjacent to an activating group) is 4. The summed E-state index contributed by atoms with van der Waals surface area (Å²) in [5.74, 6) is 1.82. The SMILES string of the molecule is Cc1cccc2cc(C3C[C@@H](COc4nc5c(c(N6CCN(C(=O)/C=C/CCl)[C@@H](CC#N)C6)n4)CCN(c4ccc(C6C[C@@H](COc7nc8c(c(N9CCN(C(=O)C%10=CC(=O)CC%10)[C@@H](CC#N)C9)n7)CCN(c7cccc9cccc(C)c79)C8)N(C)C6)c6cccc(C)c46)C5)N(C)C3)cc(N3CCc4c(nc(OC[C@@H]5CCCN5C)nc4N4CCN(C(=O)/C=C/C(=O)N(C)C)[C@@H](CC#N)C4)C3)c12. The molecule has 9 aromatic rings. The molecule has 6 aromatic carbocycles. The Balaban J connectivity index is 0.575.